The van der Waals surface area contributed by atoms with Crippen molar-refractivity contribution in [1.82, 2.24) is 10.6 Å². The number of rotatable bonds is 11. The van der Waals surface area contributed by atoms with Crippen molar-refractivity contribution in [3.8, 4) is 0 Å². The van der Waals surface area contributed by atoms with Gasteiger partial charge in [-0.3, -0.25) is 24.0 Å². The largest absolute Gasteiger partial charge is 0.462 e. The summed E-state index contributed by atoms with van der Waals surface area (Å²) in [5.74, 6) is -1.20. The van der Waals surface area contributed by atoms with Crippen LogP contribution in [-0.2, 0) is 45.1 Å². The Hall–Kier alpha value is -4.32. The van der Waals surface area contributed by atoms with Crippen LogP contribution in [0.3, 0.4) is 0 Å². The number of nitrogens with one attached hydrogen (secondary N) is 2. The molecule has 5 saturated carbocycles. The summed E-state index contributed by atoms with van der Waals surface area (Å²) in [6.07, 6.45) is 8.61. The first-order valence-corrected chi connectivity index (χ1v) is 27.1. The van der Waals surface area contributed by atoms with Crippen LogP contribution in [0.15, 0.2) is 70.6 Å². The number of sulfone groups is 1. The molecule has 10 atom stereocenters. The molecule has 6 aliphatic carbocycles. The SMILES string of the molecule is CC(C)C1=C2[C@H]3CC[C@@H]4[C@@]5(C)CC[C@H](OC(=O)[C@H]6C[C@@H](C(=O)OCc7ccccc7)C6(C)C)C(C)(C)[C@@H]5CC[C@@]4(C)[C@]3(C)CC[C@@]2(NC(=O)C(C)(C)NC(=O)c2ccc(S(C)(=O)=O)cc2)CC1=O. The summed E-state index contributed by atoms with van der Waals surface area (Å²) in [5.41, 5.74) is -0.143. The molecule has 0 heterocycles. The Morgan fingerprint density at radius 1 is 0.765 bits per heavy atom. The Labute approximate surface area is 405 Å². The Morgan fingerprint density at radius 2 is 1.41 bits per heavy atom. The smallest absolute Gasteiger partial charge is 0.309 e. The first-order valence-electron chi connectivity index (χ1n) is 25.2. The fourth-order valence-corrected chi connectivity index (χ4v) is 16.0. The highest BCUT2D eigenvalue weighted by Gasteiger charge is 2.71. The number of allylic oxidation sites excluding steroid dienone is 1. The molecule has 11 nitrogen and oxygen atoms in total. The van der Waals surface area contributed by atoms with Crippen LogP contribution in [0.25, 0.3) is 0 Å². The molecule has 0 bridgehead atoms. The number of fused-ring (bicyclic) bond motifs is 7. The topological polar surface area (TPSA) is 162 Å². The first-order chi connectivity index (χ1) is 31.5. The van der Waals surface area contributed by atoms with Gasteiger partial charge in [0, 0.05) is 23.7 Å². The van der Waals surface area contributed by atoms with E-state index in [0.717, 1.165) is 67.9 Å². The molecule has 5 fully saturated rings. The third kappa shape index (κ3) is 7.98. The predicted octanol–water partition coefficient (Wildman–Crippen LogP) is 9.77. The number of Topliss-reactive ketones (excluding diaryl/α,β-unsaturated/α-hetero) is 1. The summed E-state index contributed by atoms with van der Waals surface area (Å²) in [6.45, 7) is 23.8. The fraction of sp³-hybridized carbons (Fsp3) is 0.661. The molecule has 0 saturated heterocycles. The highest BCUT2D eigenvalue weighted by Crippen LogP contribution is 2.76. The highest BCUT2D eigenvalue weighted by atomic mass is 32.2. The Balaban J connectivity index is 0.975. The van der Waals surface area contributed by atoms with Gasteiger partial charge in [-0.2, -0.15) is 0 Å². The molecule has 0 radical (unpaired) electrons. The zero-order chi connectivity index (χ0) is 49.8. The van der Waals surface area contributed by atoms with Gasteiger partial charge in [-0.05, 0) is 158 Å². The van der Waals surface area contributed by atoms with E-state index in [4.69, 9.17) is 9.47 Å². The number of carbonyl (C=O) groups excluding carboxylic acids is 5. The third-order valence-corrected chi connectivity index (χ3v) is 20.7. The van der Waals surface area contributed by atoms with E-state index in [-0.39, 0.29) is 98.6 Å². The average molecular weight is 953 g/mol. The van der Waals surface area contributed by atoms with Gasteiger partial charge in [-0.25, -0.2) is 8.42 Å². The van der Waals surface area contributed by atoms with Crippen LogP contribution in [-0.4, -0.2) is 61.4 Å². The molecule has 0 unspecified atom stereocenters. The molecule has 0 aliphatic heterocycles. The minimum atomic E-state index is -3.44. The maximum atomic E-state index is 14.5. The number of ether oxygens (including phenoxy) is 2. The zero-order valence-electron chi connectivity index (χ0n) is 42.6. The van der Waals surface area contributed by atoms with Crippen LogP contribution in [0, 0.1) is 62.6 Å². The molecular formula is C56H76N2O9S. The molecular weight excluding hydrogens is 877 g/mol. The van der Waals surface area contributed by atoms with Gasteiger partial charge in [0.2, 0.25) is 5.91 Å². The number of benzene rings is 2. The lowest BCUT2D eigenvalue weighted by molar-refractivity contribution is -0.235. The van der Waals surface area contributed by atoms with Gasteiger partial charge in [0.05, 0.1) is 22.3 Å². The second kappa shape index (κ2) is 16.9. The number of ketones is 1. The molecule has 2 amide bonds. The van der Waals surface area contributed by atoms with Crippen LogP contribution in [0.4, 0.5) is 0 Å². The Morgan fingerprint density at radius 3 is 2.03 bits per heavy atom. The number of esters is 2. The predicted molar refractivity (Wildman–Crippen MR) is 260 cm³/mol. The van der Waals surface area contributed by atoms with Crippen molar-refractivity contribution in [3.05, 3.63) is 76.9 Å². The van der Waals surface area contributed by atoms with Gasteiger partial charge in [0.25, 0.3) is 5.91 Å². The molecule has 0 spiro atoms. The molecule has 6 aliphatic rings. The van der Waals surface area contributed by atoms with E-state index >= 15 is 0 Å². The summed E-state index contributed by atoms with van der Waals surface area (Å²) in [7, 11) is -3.44. The minimum Gasteiger partial charge on any atom is -0.462 e. The fourth-order valence-electron chi connectivity index (χ4n) is 15.4. The molecule has 0 aromatic heterocycles. The quantitative estimate of drug-likeness (QED) is 0.209. The summed E-state index contributed by atoms with van der Waals surface area (Å²) in [6, 6.07) is 15.3. The van der Waals surface area contributed by atoms with Gasteiger partial charge in [0.1, 0.15) is 18.2 Å². The zero-order valence-corrected chi connectivity index (χ0v) is 43.4. The van der Waals surface area contributed by atoms with Crippen molar-refractivity contribution >= 4 is 39.4 Å². The number of hydrogen-bond donors (Lipinski definition) is 2. The second-order valence-electron chi connectivity index (χ2n) is 24.6. The molecule has 370 valence electrons. The van der Waals surface area contributed by atoms with E-state index in [1.165, 1.54) is 24.3 Å². The highest BCUT2D eigenvalue weighted by molar-refractivity contribution is 7.90. The van der Waals surface area contributed by atoms with Crippen LogP contribution >= 0.6 is 0 Å². The normalized spacial score (nSPS) is 34.9. The molecule has 2 aromatic rings. The summed E-state index contributed by atoms with van der Waals surface area (Å²) >= 11 is 0. The number of hydrogen-bond acceptors (Lipinski definition) is 9. The summed E-state index contributed by atoms with van der Waals surface area (Å²) in [5, 5.41) is 6.30. The molecule has 8 rings (SSSR count). The van der Waals surface area contributed by atoms with Crippen molar-refractivity contribution in [3.63, 3.8) is 0 Å². The minimum absolute atomic E-state index is 0.00636. The van der Waals surface area contributed by atoms with Gasteiger partial charge in [-0.1, -0.05) is 92.6 Å². The van der Waals surface area contributed by atoms with Crippen molar-refractivity contribution in [2.24, 2.45) is 62.6 Å². The van der Waals surface area contributed by atoms with Crippen LogP contribution in [0.5, 0.6) is 0 Å². The lowest BCUT2D eigenvalue weighted by atomic mass is 9.33. The Kier molecular flexibility index (Phi) is 12.5. The van der Waals surface area contributed by atoms with E-state index in [1.807, 2.05) is 44.2 Å². The second-order valence-corrected chi connectivity index (χ2v) is 26.7. The maximum Gasteiger partial charge on any atom is 0.309 e. The Bertz CT molecular complexity index is 2530. The molecule has 12 heteroatoms. The maximum absolute atomic E-state index is 14.5. The van der Waals surface area contributed by atoms with Crippen LogP contribution < -0.4 is 10.6 Å². The monoisotopic (exact) mass is 953 g/mol. The number of amides is 2. The number of carbonyl (C=O) groups is 5. The van der Waals surface area contributed by atoms with Crippen molar-refractivity contribution in [2.45, 2.75) is 169 Å². The van der Waals surface area contributed by atoms with Gasteiger partial charge < -0.3 is 20.1 Å². The van der Waals surface area contributed by atoms with Gasteiger partial charge >= 0.3 is 11.9 Å². The molecule has 68 heavy (non-hydrogen) atoms. The molecule has 2 N–H and O–H groups in total. The standard InChI is InChI=1S/C56H76N2O9S/c1-33(2)44-40(59)31-56(58-49(63)52(7,8)57-46(60)35-18-20-36(21-19-35)68(12,64)65)29-28-54(10)37(45(44)56)22-23-42-53(9)26-25-43(51(5,6)41(53)24-27-55(42,54)11)67-48(62)39-30-38(50(39,3)4)47(61)66-32-34-16-14-13-15-17-34/h13-21,33,37-39,41-43H,22-32H2,1-12H3,(H,57,60)(H,58,63)/t37-,38+,39-,41+,42-,43+,53+,54-,55-,56-/m1/s1. The van der Waals surface area contributed by atoms with Gasteiger partial charge in [0.15, 0.2) is 15.6 Å². The lowest BCUT2D eigenvalue weighted by Gasteiger charge is -2.72. The van der Waals surface area contributed by atoms with E-state index < -0.39 is 32.2 Å². The van der Waals surface area contributed by atoms with Crippen LogP contribution in [0.2, 0.25) is 0 Å². The average Bonchev–Trinajstić information content (AvgIpc) is 3.55. The third-order valence-electron chi connectivity index (χ3n) is 19.6. The van der Waals surface area contributed by atoms with Crippen molar-refractivity contribution in [2.75, 3.05) is 6.26 Å². The van der Waals surface area contributed by atoms with Gasteiger partial charge in [-0.15, -0.1) is 0 Å². The van der Waals surface area contributed by atoms with E-state index in [9.17, 15) is 32.4 Å². The van der Waals surface area contributed by atoms with Crippen LogP contribution in [0.1, 0.15) is 156 Å². The summed E-state index contributed by atoms with van der Waals surface area (Å²) in [4.78, 5) is 69.6. The van der Waals surface area contributed by atoms with E-state index in [1.54, 1.807) is 13.8 Å². The lowest BCUT2D eigenvalue weighted by Crippen LogP contribution is -2.68. The van der Waals surface area contributed by atoms with E-state index in [0.29, 0.717) is 24.7 Å². The first kappa shape index (κ1) is 50.1. The van der Waals surface area contributed by atoms with Crippen molar-refractivity contribution in [1.29, 1.82) is 0 Å². The molecule has 2 aromatic carbocycles. The summed E-state index contributed by atoms with van der Waals surface area (Å²) < 4.78 is 36.3. The van der Waals surface area contributed by atoms with Crippen molar-refractivity contribution < 1.29 is 41.9 Å². The van der Waals surface area contributed by atoms with E-state index in [2.05, 4.69) is 59.1 Å².